The molecule has 4 saturated carbocycles. The van der Waals surface area contributed by atoms with Crippen molar-refractivity contribution in [3.05, 3.63) is 0 Å². The van der Waals surface area contributed by atoms with E-state index in [0.717, 1.165) is 45.1 Å². The van der Waals surface area contributed by atoms with Crippen molar-refractivity contribution in [2.24, 2.45) is 46.3 Å². The third-order valence-electron chi connectivity index (χ3n) is 10.1. The van der Waals surface area contributed by atoms with Crippen LogP contribution in [0.4, 0.5) is 0 Å². The van der Waals surface area contributed by atoms with Crippen molar-refractivity contribution in [1.29, 1.82) is 0 Å². The Morgan fingerprint density at radius 3 is 2.61 bits per heavy atom. The zero-order valence-corrected chi connectivity index (χ0v) is 19.9. The van der Waals surface area contributed by atoms with Gasteiger partial charge in [0.25, 0.3) is 0 Å². The van der Waals surface area contributed by atoms with Crippen LogP contribution in [0.3, 0.4) is 0 Å². The fourth-order valence-corrected chi connectivity index (χ4v) is 10.2. The largest absolute Gasteiger partial charge is 0.481 e. The molecule has 5 aliphatic rings. The number of ketones is 1. The topological polar surface area (TPSA) is 89.9 Å². The molecule has 31 heavy (non-hydrogen) atoms. The Morgan fingerprint density at radius 2 is 1.90 bits per heavy atom. The zero-order valence-electron chi connectivity index (χ0n) is 18.3. The number of hydrogen-bond acceptors (Lipinski definition) is 5. The van der Waals surface area contributed by atoms with Gasteiger partial charge in [-0.1, -0.05) is 22.9 Å². The molecule has 0 aromatic heterocycles. The molecule has 6 nitrogen and oxygen atoms in total. The van der Waals surface area contributed by atoms with Crippen LogP contribution < -0.4 is 0 Å². The number of alkyl halides is 1. The lowest BCUT2D eigenvalue weighted by Crippen LogP contribution is -2.59. The summed E-state index contributed by atoms with van der Waals surface area (Å²) >= 11 is 3.81. The third kappa shape index (κ3) is 3.08. The van der Waals surface area contributed by atoms with Gasteiger partial charge in [-0.15, -0.1) is 0 Å². The Hall–Kier alpha value is -0.950. The van der Waals surface area contributed by atoms with Crippen molar-refractivity contribution in [1.82, 2.24) is 0 Å². The van der Waals surface area contributed by atoms with Gasteiger partial charge in [0.05, 0.1) is 18.6 Å². The van der Waals surface area contributed by atoms with E-state index in [4.69, 9.17) is 9.47 Å². The van der Waals surface area contributed by atoms with Gasteiger partial charge in [0.15, 0.2) is 5.78 Å². The highest BCUT2D eigenvalue weighted by Crippen LogP contribution is 2.70. The summed E-state index contributed by atoms with van der Waals surface area (Å²) in [6.07, 6.45) is 6.79. The zero-order chi connectivity index (χ0) is 22.1. The van der Waals surface area contributed by atoms with E-state index >= 15 is 0 Å². The lowest BCUT2D eigenvalue weighted by Gasteiger charge is -2.60. The van der Waals surface area contributed by atoms with Crippen LogP contribution in [0.5, 0.6) is 0 Å². The second kappa shape index (κ2) is 7.54. The van der Waals surface area contributed by atoms with Crippen LogP contribution in [-0.2, 0) is 23.9 Å². The number of esters is 1. The highest BCUT2D eigenvalue weighted by molar-refractivity contribution is 9.09. The number of Topliss-reactive ketones (excluding diaryl/α,β-unsaturated/α-hetero) is 1. The van der Waals surface area contributed by atoms with E-state index in [2.05, 4.69) is 22.9 Å². The molecule has 0 amide bonds. The van der Waals surface area contributed by atoms with E-state index < -0.39 is 11.9 Å². The number of carboxylic acids is 1. The van der Waals surface area contributed by atoms with Gasteiger partial charge in [0.2, 0.25) is 0 Å². The van der Waals surface area contributed by atoms with Crippen LogP contribution in [0.15, 0.2) is 0 Å². The lowest BCUT2D eigenvalue weighted by atomic mass is 9.44. The van der Waals surface area contributed by atoms with Gasteiger partial charge in [-0.25, -0.2) is 0 Å². The maximum atomic E-state index is 12.9. The van der Waals surface area contributed by atoms with E-state index in [9.17, 15) is 19.5 Å². The predicted molar refractivity (Wildman–Crippen MR) is 116 cm³/mol. The molecule has 5 fully saturated rings. The first-order valence-electron chi connectivity index (χ1n) is 11.8. The van der Waals surface area contributed by atoms with Crippen molar-refractivity contribution in [3.63, 3.8) is 0 Å². The van der Waals surface area contributed by atoms with Crippen molar-refractivity contribution in [3.8, 4) is 0 Å². The van der Waals surface area contributed by atoms with Crippen LogP contribution in [0.2, 0.25) is 0 Å². The van der Waals surface area contributed by atoms with Gasteiger partial charge in [0, 0.05) is 29.0 Å². The molecule has 4 aliphatic carbocycles. The van der Waals surface area contributed by atoms with E-state index in [1.165, 1.54) is 6.92 Å². The fraction of sp³-hybridized carbons (Fsp3) is 0.875. The number of hydrogen-bond donors (Lipinski definition) is 1. The molecule has 0 radical (unpaired) electrons. The summed E-state index contributed by atoms with van der Waals surface area (Å²) in [6.45, 7) is 4.30. The van der Waals surface area contributed by atoms with Crippen LogP contribution in [0.1, 0.15) is 58.8 Å². The highest BCUT2D eigenvalue weighted by Gasteiger charge is 2.69. The molecular formula is C24H33BrO6. The molecule has 0 aromatic rings. The summed E-state index contributed by atoms with van der Waals surface area (Å²) in [5, 5.41) is 9.70. The van der Waals surface area contributed by atoms with Crippen LogP contribution >= 0.6 is 15.9 Å². The van der Waals surface area contributed by atoms with Gasteiger partial charge in [-0.2, -0.15) is 0 Å². The first-order chi connectivity index (χ1) is 14.7. The molecule has 1 aliphatic heterocycles. The Balaban J connectivity index is 1.39. The van der Waals surface area contributed by atoms with E-state index in [1.54, 1.807) is 0 Å². The summed E-state index contributed by atoms with van der Waals surface area (Å²) < 4.78 is 11.4. The van der Waals surface area contributed by atoms with E-state index in [1.807, 2.05) is 0 Å². The molecule has 0 spiro atoms. The first-order valence-corrected chi connectivity index (χ1v) is 12.7. The monoisotopic (exact) mass is 496 g/mol. The first kappa shape index (κ1) is 21.9. The molecule has 2 bridgehead atoms. The smallest absolute Gasteiger partial charge is 0.307 e. The molecule has 1 N–H and O–H groups in total. The number of carbonyl (C=O) groups is 3. The van der Waals surface area contributed by atoms with Gasteiger partial charge >= 0.3 is 11.9 Å². The Bertz CT molecular complexity index is 799. The van der Waals surface area contributed by atoms with Crippen molar-refractivity contribution in [2.75, 3.05) is 13.2 Å². The Kier molecular flexibility index (Phi) is 5.32. The molecule has 4 unspecified atom stereocenters. The summed E-state index contributed by atoms with van der Waals surface area (Å²) in [7, 11) is 0. The molecule has 10 atom stereocenters. The second-order valence-corrected chi connectivity index (χ2v) is 12.1. The number of fused-ring (bicyclic) bond motifs is 3. The number of carbonyl (C=O) groups excluding carboxylic acids is 2. The van der Waals surface area contributed by atoms with E-state index in [0.29, 0.717) is 24.2 Å². The maximum absolute atomic E-state index is 12.9. The number of carboxylic acid groups (broad SMARTS) is 1. The molecule has 5 rings (SSSR count). The summed E-state index contributed by atoms with van der Waals surface area (Å²) in [5.74, 6) is 0.472. The van der Waals surface area contributed by atoms with Gasteiger partial charge in [-0.05, 0) is 68.1 Å². The number of ether oxygens (including phenoxy) is 2. The lowest BCUT2D eigenvalue weighted by molar-refractivity contribution is -0.152. The van der Waals surface area contributed by atoms with Crippen LogP contribution in [0.25, 0.3) is 0 Å². The summed E-state index contributed by atoms with van der Waals surface area (Å²) in [4.78, 5) is 35.9. The van der Waals surface area contributed by atoms with Crippen molar-refractivity contribution < 1.29 is 29.0 Å². The van der Waals surface area contributed by atoms with Crippen LogP contribution in [-0.4, -0.2) is 47.0 Å². The number of halogens is 1. The minimum atomic E-state index is -0.695. The van der Waals surface area contributed by atoms with Crippen molar-refractivity contribution >= 4 is 33.7 Å². The summed E-state index contributed by atoms with van der Waals surface area (Å²) in [5.41, 5.74) is 0.0439. The standard InChI is InChI=1S/C24H33BrO6/c1-12(26)30-10-18(27)17-4-3-15-14-9-19-20-21(25)13(22(28)29)5-8-24(20,11-31-19)16(14)6-7-23(15,17)2/h13-17,19-21H,3-11H2,1-2H3,(H,28,29)/t13-,14?,15?,16?,17+,19+,20?,21+,23-,24-/m0/s1. The maximum Gasteiger partial charge on any atom is 0.307 e. The normalized spacial score (nSPS) is 50.2. The average molecular weight is 497 g/mol. The van der Waals surface area contributed by atoms with Gasteiger partial charge in [0.1, 0.15) is 6.61 Å². The average Bonchev–Trinajstić information content (AvgIpc) is 3.21. The Labute approximate surface area is 191 Å². The molecule has 172 valence electrons. The summed E-state index contributed by atoms with van der Waals surface area (Å²) in [6, 6.07) is 0. The fourth-order valence-electron chi connectivity index (χ4n) is 8.84. The molecule has 7 heteroatoms. The second-order valence-electron chi connectivity index (χ2n) is 11.1. The molecule has 1 saturated heterocycles. The van der Waals surface area contributed by atoms with Crippen LogP contribution in [0, 0.1) is 46.3 Å². The predicted octanol–water partition coefficient (Wildman–Crippen LogP) is 3.84. The molecular weight excluding hydrogens is 464 g/mol. The minimum Gasteiger partial charge on any atom is -0.481 e. The quantitative estimate of drug-likeness (QED) is 0.469. The highest BCUT2D eigenvalue weighted by atomic mass is 79.9. The molecule has 0 aromatic carbocycles. The SMILES string of the molecule is CC(=O)OCC(=O)[C@H]1CCC2C3C[C@H]4OC[C@@]5(CC[C@H](C(=O)O)[C@@H](Br)C45)C3CC[C@@]21C. The molecule has 1 heterocycles. The van der Waals surface area contributed by atoms with E-state index in [-0.39, 0.29) is 51.9 Å². The van der Waals surface area contributed by atoms with Gasteiger partial charge < -0.3 is 14.6 Å². The number of rotatable bonds is 4. The number of aliphatic carboxylic acids is 1. The third-order valence-corrected chi connectivity index (χ3v) is 11.3. The van der Waals surface area contributed by atoms with Crippen molar-refractivity contribution in [2.45, 2.75) is 69.7 Å². The van der Waals surface area contributed by atoms with Gasteiger partial charge in [-0.3, -0.25) is 14.4 Å². The minimum absolute atomic E-state index is 0.0258. The Morgan fingerprint density at radius 1 is 1.13 bits per heavy atom.